The second-order valence-corrected chi connectivity index (χ2v) is 7.61. The number of hydrogen-bond acceptors (Lipinski definition) is 3. The molecular weight excluding hydrogens is 319 g/mol. The van der Waals surface area contributed by atoms with Crippen LogP contribution in [-0.2, 0) is 21.0 Å². The van der Waals surface area contributed by atoms with Gasteiger partial charge in [-0.2, -0.15) is 17.5 Å². The fourth-order valence-electron chi connectivity index (χ4n) is 2.79. The molecule has 2 aliphatic rings. The van der Waals surface area contributed by atoms with E-state index in [0.717, 1.165) is 41.4 Å². The zero-order valence-electron chi connectivity index (χ0n) is 11.5. The molecular formula is C14H14F3NO3S. The highest BCUT2D eigenvalue weighted by molar-refractivity contribution is 7.89. The van der Waals surface area contributed by atoms with Gasteiger partial charge in [0.25, 0.3) is 0 Å². The van der Waals surface area contributed by atoms with Crippen LogP contribution >= 0.6 is 0 Å². The van der Waals surface area contributed by atoms with Gasteiger partial charge >= 0.3 is 6.18 Å². The van der Waals surface area contributed by atoms with E-state index in [2.05, 4.69) is 0 Å². The van der Waals surface area contributed by atoms with Gasteiger partial charge in [-0.3, -0.25) is 4.79 Å². The molecule has 1 aromatic carbocycles. The van der Waals surface area contributed by atoms with Crippen LogP contribution in [0, 0.1) is 5.92 Å². The van der Waals surface area contributed by atoms with E-state index in [-0.39, 0.29) is 35.6 Å². The maximum atomic E-state index is 12.6. The second-order valence-electron chi connectivity index (χ2n) is 5.72. The molecule has 0 radical (unpaired) electrons. The number of carbonyl (C=O) groups is 1. The number of nitrogens with zero attached hydrogens (tertiary/aromatic N) is 1. The maximum absolute atomic E-state index is 12.6. The maximum Gasteiger partial charge on any atom is 0.416 e. The Morgan fingerprint density at radius 2 is 1.68 bits per heavy atom. The van der Waals surface area contributed by atoms with Crippen molar-refractivity contribution in [2.75, 3.05) is 6.54 Å². The Hall–Kier alpha value is -1.41. The molecule has 3 rings (SSSR count). The summed E-state index contributed by atoms with van der Waals surface area (Å²) in [6, 6.07) is 3.05. The molecule has 2 fully saturated rings. The molecule has 0 N–H and O–H groups in total. The van der Waals surface area contributed by atoms with E-state index in [1.54, 1.807) is 0 Å². The average Bonchev–Trinajstić information content (AvgIpc) is 3.20. The molecule has 22 heavy (non-hydrogen) atoms. The van der Waals surface area contributed by atoms with Gasteiger partial charge in [0.2, 0.25) is 10.0 Å². The van der Waals surface area contributed by atoms with Crippen LogP contribution in [0.5, 0.6) is 0 Å². The van der Waals surface area contributed by atoms with Gasteiger partial charge in [0.05, 0.1) is 17.0 Å². The normalized spacial score (nSPS) is 24.0. The van der Waals surface area contributed by atoms with Crippen LogP contribution in [0.25, 0.3) is 0 Å². The predicted molar refractivity (Wildman–Crippen MR) is 71.5 cm³/mol. The molecule has 1 aliphatic carbocycles. The van der Waals surface area contributed by atoms with Gasteiger partial charge in [-0.1, -0.05) is 0 Å². The summed E-state index contributed by atoms with van der Waals surface area (Å²) in [5, 5.41) is 0. The van der Waals surface area contributed by atoms with Gasteiger partial charge in [0.15, 0.2) is 0 Å². The lowest BCUT2D eigenvalue weighted by Gasteiger charge is -2.23. The number of ketones is 1. The number of alkyl halides is 3. The highest BCUT2D eigenvalue weighted by atomic mass is 32.2. The molecule has 1 aliphatic heterocycles. The highest BCUT2D eigenvalue weighted by Gasteiger charge is 2.46. The average molecular weight is 333 g/mol. The number of rotatable bonds is 3. The first kappa shape index (κ1) is 15.5. The quantitative estimate of drug-likeness (QED) is 0.854. The third-order valence-corrected chi connectivity index (χ3v) is 5.98. The zero-order valence-corrected chi connectivity index (χ0v) is 12.3. The summed E-state index contributed by atoms with van der Waals surface area (Å²) in [5.41, 5.74) is -0.900. The molecule has 1 heterocycles. The summed E-state index contributed by atoms with van der Waals surface area (Å²) in [5.74, 6) is 0.0445. The van der Waals surface area contributed by atoms with Gasteiger partial charge in [0.1, 0.15) is 5.78 Å². The van der Waals surface area contributed by atoms with Crippen LogP contribution < -0.4 is 0 Å². The van der Waals surface area contributed by atoms with Crippen molar-refractivity contribution in [2.24, 2.45) is 5.92 Å². The standard InChI is InChI=1S/C14H14F3NO3S/c15-14(16,17)10-3-5-12(6-4-10)22(20,21)18-8-11(19)7-13(18)9-1-2-9/h3-6,9,13H,1-2,7-8H2. The molecule has 0 aromatic heterocycles. The van der Waals surface area contributed by atoms with Crippen LogP contribution in [0.4, 0.5) is 13.2 Å². The first-order valence-electron chi connectivity index (χ1n) is 6.90. The number of halogens is 3. The van der Waals surface area contributed by atoms with Crippen LogP contribution in [0.2, 0.25) is 0 Å². The highest BCUT2D eigenvalue weighted by Crippen LogP contribution is 2.41. The Morgan fingerprint density at radius 3 is 2.18 bits per heavy atom. The minimum absolute atomic E-state index is 0.146. The summed E-state index contributed by atoms with van der Waals surface area (Å²) >= 11 is 0. The number of carbonyl (C=O) groups excluding carboxylic acids is 1. The van der Waals surface area contributed by atoms with Crippen molar-refractivity contribution in [3.05, 3.63) is 29.8 Å². The summed E-state index contributed by atoms with van der Waals surface area (Å²) in [6.45, 7) is -0.190. The molecule has 1 saturated heterocycles. The van der Waals surface area contributed by atoms with Gasteiger partial charge in [-0.05, 0) is 43.0 Å². The largest absolute Gasteiger partial charge is 0.416 e. The van der Waals surface area contributed by atoms with E-state index in [4.69, 9.17) is 0 Å². The predicted octanol–water partition coefficient (Wildman–Crippen LogP) is 2.45. The first-order chi connectivity index (χ1) is 10.2. The van der Waals surface area contributed by atoms with Gasteiger partial charge < -0.3 is 0 Å². The molecule has 120 valence electrons. The smallest absolute Gasteiger partial charge is 0.298 e. The number of Topliss-reactive ketones (excluding diaryl/α,β-unsaturated/α-hetero) is 1. The van der Waals surface area contributed by atoms with Gasteiger partial charge in [-0.25, -0.2) is 8.42 Å². The Kier molecular flexibility index (Phi) is 3.56. The fraction of sp³-hybridized carbons (Fsp3) is 0.500. The number of hydrogen-bond donors (Lipinski definition) is 0. The minimum Gasteiger partial charge on any atom is -0.298 e. The lowest BCUT2D eigenvalue weighted by molar-refractivity contribution is -0.137. The number of sulfonamides is 1. The second kappa shape index (κ2) is 5.06. The first-order valence-corrected chi connectivity index (χ1v) is 8.34. The third kappa shape index (κ3) is 2.77. The molecule has 4 nitrogen and oxygen atoms in total. The Balaban J connectivity index is 1.90. The molecule has 0 amide bonds. The van der Waals surface area contributed by atoms with E-state index in [1.807, 2.05) is 0 Å². The summed E-state index contributed by atoms with van der Waals surface area (Å²) in [6.07, 6.45) is -2.54. The monoisotopic (exact) mass is 333 g/mol. The van der Waals surface area contributed by atoms with Crippen LogP contribution in [0.15, 0.2) is 29.2 Å². The van der Waals surface area contributed by atoms with Crippen molar-refractivity contribution < 1.29 is 26.4 Å². The Labute approximate surface area is 126 Å². The van der Waals surface area contributed by atoms with E-state index in [9.17, 15) is 26.4 Å². The molecule has 1 unspecified atom stereocenters. The SMILES string of the molecule is O=C1CC(C2CC2)N(S(=O)(=O)c2ccc(C(F)(F)F)cc2)C1. The van der Waals surface area contributed by atoms with Crippen LogP contribution in [-0.4, -0.2) is 31.1 Å². The van der Waals surface area contributed by atoms with Gasteiger partial charge in [0, 0.05) is 12.5 Å². The van der Waals surface area contributed by atoms with Crippen molar-refractivity contribution in [1.82, 2.24) is 4.31 Å². The van der Waals surface area contributed by atoms with E-state index in [0.29, 0.717) is 0 Å². The van der Waals surface area contributed by atoms with Crippen LogP contribution in [0.1, 0.15) is 24.8 Å². The van der Waals surface area contributed by atoms with Gasteiger partial charge in [-0.15, -0.1) is 0 Å². The fourth-order valence-corrected chi connectivity index (χ4v) is 4.46. The Morgan fingerprint density at radius 1 is 1.09 bits per heavy atom. The van der Waals surface area contributed by atoms with Crippen molar-refractivity contribution in [3.8, 4) is 0 Å². The molecule has 8 heteroatoms. The summed E-state index contributed by atoms with van der Waals surface area (Å²) < 4.78 is 63.9. The molecule has 1 atom stereocenters. The lowest BCUT2D eigenvalue weighted by Crippen LogP contribution is -2.37. The lowest BCUT2D eigenvalue weighted by atomic mass is 10.1. The molecule has 0 spiro atoms. The topological polar surface area (TPSA) is 54.5 Å². The summed E-state index contributed by atoms with van der Waals surface area (Å²) in [7, 11) is -3.94. The number of benzene rings is 1. The third-order valence-electron chi connectivity index (χ3n) is 4.09. The Bertz CT molecular complexity index is 693. The zero-order chi connectivity index (χ0) is 16.1. The van der Waals surface area contributed by atoms with Crippen LogP contribution in [0.3, 0.4) is 0 Å². The van der Waals surface area contributed by atoms with E-state index in [1.165, 1.54) is 0 Å². The van der Waals surface area contributed by atoms with Crippen molar-refractivity contribution in [2.45, 2.75) is 36.4 Å². The molecule has 1 saturated carbocycles. The molecule has 0 bridgehead atoms. The minimum atomic E-state index is -4.51. The van der Waals surface area contributed by atoms with Crippen molar-refractivity contribution in [1.29, 1.82) is 0 Å². The van der Waals surface area contributed by atoms with Crippen molar-refractivity contribution >= 4 is 15.8 Å². The van der Waals surface area contributed by atoms with E-state index >= 15 is 0 Å². The van der Waals surface area contributed by atoms with Crippen molar-refractivity contribution in [3.63, 3.8) is 0 Å². The molecule has 1 aromatic rings. The van der Waals surface area contributed by atoms with E-state index < -0.39 is 21.8 Å². The summed E-state index contributed by atoms with van der Waals surface area (Å²) in [4.78, 5) is 11.4.